The molecule has 2 heterocycles. The van der Waals surface area contributed by atoms with Gasteiger partial charge in [-0.15, -0.1) is 11.3 Å². The number of hydrogen-bond donors (Lipinski definition) is 0. The maximum Gasteiger partial charge on any atom is 0.0541 e. The van der Waals surface area contributed by atoms with Crippen molar-refractivity contribution in [2.24, 2.45) is 17.8 Å². The first kappa shape index (κ1) is 32.6. The van der Waals surface area contributed by atoms with Crippen LogP contribution in [-0.4, -0.2) is 4.57 Å². The predicted molar refractivity (Wildman–Crippen MR) is 238 cm³/mol. The molecule has 4 bridgehead atoms. The Kier molecular flexibility index (Phi) is 7.39. The number of aromatic nitrogens is 1. The average molecular weight is 741 g/mol. The Morgan fingerprint density at radius 1 is 0.464 bits per heavy atom. The summed E-state index contributed by atoms with van der Waals surface area (Å²) in [6, 6.07) is 61.5. The Labute approximate surface area is 332 Å². The molecule has 13 rings (SSSR count). The number of rotatable bonds is 6. The van der Waals surface area contributed by atoms with E-state index in [0.29, 0.717) is 5.41 Å². The maximum absolute atomic E-state index is 2.50. The third kappa shape index (κ3) is 5.20. The van der Waals surface area contributed by atoms with E-state index in [0.717, 1.165) is 17.8 Å². The first-order valence-corrected chi connectivity index (χ1v) is 21.5. The largest absolute Gasteiger partial charge is 0.310 e. The van der Waals surface area contributed by atoms with E-state index in [-0.39, 0.29) is 0 Å². The van der Waals surface area contributed by atoms with Crippen LogP contribution >= 0.6 is 11.3 Å². The lowest BCUT2D eigenvalue weighted by Gasteiger charge is -2.49. The zero-order valence-electron chi connectivity index (χ0n) is 31.6. The summed E-state index contributed by atoms with van der Waals surface area (Å²) in [5, 5.41) is 5.23. The van der Waals surface area contributed by atoms with E-state index in [4.69, 9.17) is 0 Å². The highest BCUT2D eigenvalue weighted by molar-refractivity contribution is 7.25. The predicted octanol–water partition coefficient (Wildman–Crippen LogP) is 15.1. The summed E-state index contributed by atoms with van der Waals surface area (Å²) >= 11 is 1.88. The molecule has 272 valence electrons. The van der Waals surface area contributed by atoms with Gasteiger partial charge in [-0.2, -0.15) is 0 Å². The van der Waals surface area contributed by atoms with Gasteiger partial charge in [0, 0.05) is 53.7 Å². The minimum absolute atomic E-state index is 0.375. The molecule has 4 aliphatic carbocycles. The molecule has 0 N–H and O–H groups in total. The zero-order valence-corrected chi connectivity index (χ0v) is 32.4. The summed E-state index contributed by atoms with van der Waals surface area (Å²) in [6.45, 7) is 0. The first-order valence-electron chi connectivity index (χ1n) is 20.7. The van der Waals surface area contributed by atoms with Crippen LogP contribution in [0.3, 0.4) is 0 Å². The van der Waals surface area contributed by atoms with E-state index in [1.54, 1.807) is 5.56 Å². The van der Waals surface area contributed by atoms with Crippen molar-refractivity contribution in [2.75, 3.05) is 4.90 Å². The van der Waals surface area contributed by atoms with Crippen molar-refractivity contribution in [1.82, 2.24) is 4.57 Å². The number of benzene rings is 7. The molecule has 2 aromatic heterocycles. The Hall–Kier alpha value is -5.64. The van der Waals surface area contributed by atoms with Gasteiger partial charge in [-0.05, 0) is 145 Å². The highest BCUT2D eigenvalue weighted by Gasteiger charge is 2.49. The SMILES string of the molecule is c1cc(-c2ccc(N(c3ccc(C45CC6CC[C@H](C[C@@H](C6)C4)C5)cc3)c3ccc4sc5ccccc5c4c3)cc2)cc(-n2c3ccccc3c3ccccc32)c1. The highest BCUT2D eigenvalue weighted by Crippen LogP contribution is 2.59. The smallest absolute Gasteiger partial charge is 0.0541 e. The van der Waals surface area contributed by atoms with Gasteiger partial charge in [-0.25, -0.2) is 0 Å². The molecule has 56 heavy (non-hydrogen) atoms. The minimum atomic E-state index is 0.375. The number of fused-ring (bicyclic) bond motifs is 7. The summed E-state index contributed by atoms with van der Waals surface area (Å²) in [6.07, 6.45) is 10.0. The van der Waals surface area contributed by atoms with E-state index in [1.807, 2.05) is 11.3 Å². The molecule has 2 unspecified atom stereocenters. The molecule has 0 amide bonds. The molecule has 0 saturated heterocycles. The quantitative estimate of drug-likeness (QED) is 0.165. The second-order valence-electron chi connectivity index (χ2n) is 17.2. The van der Waals surface area contributed by atoms with E-state index in [9.17, 15) is 0 Å². The van der Waals surface area contributed by atoms with Gasteiger partial charge in [-0.3, -0.25) is 0 Å². The molecular formula is C53H44N2S. The van der Waals surface area contributed by atoms with Crippen LogP contribution in [0, 0.1) is 17.8 Å². The van der Waals surface area contributed by atoms with Crippen LogP contribution < -0.4 is 4.90 Å². The third-order valence-electron chi connectivity index (χ3n) is 13.9. The van der Waals surface area contributed by atoms with Crippen LogP contribution in [0.25, 0.3) is 58.8 Å². The maximum atomic E-state index is 2.50. The Bertz CT molecular complexity index is 2860. The minimum Gasteiger partial charge on any atom is -0.310 e. The van der Waals surface area contributed by atoms with E-state index in [2.05, 4.69) is 173 Å². The molecule has 4 fully saturated rings. The van der Waals surface area contributed by atoms with Crippen LogP contribution in [0.2, 0.25) is 0 Å². The molecule has 4 aliphatic rings. The fraction of sp³-hybridized carbons (Fsp3) is 0.208. The van der Waals surface area contributed by atoms with Gasteiger partial charge in [0.05, 0.1) is 11.0 Å². The molecule has 7 aromatic carbocycles. The zero-order chi connectivity index (χ0) is 36.8. The fourth-order valence-corrected chi connectivity index (χ4v) is 12.7. The van der Waals surface area contributed by atoms with Crippen molar-refractivity contribution < 1.29 is 0 Å². The van der Waals surface area contributed by atoms with Crippen molar-refractivity contribution in [3.63, 3.8) is 0 Å². The molecule has 2 nitrogen and oxygen atoms in total. The van der Waals surface area contributed by atoms with Crippen LogP contribution in [0.4, 0.5) is 17.1 Å². The van der Waals surface area contributed by atoms with Gasteiger partial charge in [0.15, 0.2) is 0 Å². The van der Waals surface area contributed by atoms with Crippen LogP contribution in [0.15, 0.2) is 164 Å². The first-order chi connectivity index (χ1) is 27.7. The van der Waals surface area contributed by atoms with Crippen molar-refractivity contribution in [3.05, 3.63) is 169 Å². The molecule has 0 spiro atoms. The lowest BCUT2D eigenvalue weighted by molar-refractivity contribution is 0.0984. The molecule has 0 aliphatic heterocycles. The Balaban J connectivity index is 0.941. The molecule has 9 aromatic rings. The second kappa shape index (κ2) is 12.7. The standard InChI is InChI=1S/C53H44N2S/c1-4-13-49-45(10-1)46-11-2-5-14-50(46)55(49)43-9-7-8-39(30-43)38-18-22-41(23-19-38)54(44-26-27-52-48(31-44)47-12-3-6-15-51(47)56-52)42-24-20-40(21-25-42)53-32-35-16-17-36(33-53)29-37(28-35)34-53/h1-15,18-27,30-31,35-37H,16-17,28-29,32-34H2/t35-,36?,37+,53?/m1/s1. The number of thiophene rings is 1. The van der Waals surface area contributed by atoms with Crippen molar-refractivity contribution in [1.29, 1.82) is 0 Å². The van der Waals surface area contributed by atoms with Crippen LogP contribution in [-0.2, 0) is 5.41 Å². The van der Waals surface area contributed by atoms with Gasteiger partial charge in [0.2, 0.25) is 0 Å². The molecule has 3 heteroatoms. The van der Waals surface area contributed by atoms with Crippen molar-refractivity contribution in [2.45, 2.75) is 50.4 Å². The fourth-order valence-electron chi connectivity index (χ4n) is 11.6. The Morgan fingerprint density at radius 2 is 1.05 bits per heavy atom. The highest BCUT2D eigenvalue weighted by atomic mass is 32.1. The van der Waals surface area contributed by atoms with Gasteiger partial charge in [0.1, 0.15) is 0 Å². The van der Waals surface area contributed by atoms with Gasteiger partial charge < -0.3 is 9.47 Å². The number of nitrogens with zero attached hydrogens (tertiary/aromatic N) is 2. The number of para-hydroxylation sites is 2. The lowest BCUT2D eigenvalue weighted by atomic mass is 9.56. The molecule has 4 atom stereocenters. The summed E-state index contributed by atoms with van der Waals surface area (Å²) in [7, 11) is 0. The summed E-state index contributed by atoms with van der Waals surface area (Å²) < 4.78 is 5.08. The van der Waals surface area contributed by atoms with E-state index < -0.39 is 0 Å². The van der Waals surface area contributed by atoms with Gasteiger partial charge in [-0.1, -0.05) is 104 Å². The second-order valence-corrected chi connectivity index (χ2v) is 18.3. The Morgan fingerprint density at radius 3 is 1.77 bits per heavy atom. The van der Waals surface area contributed by atoms with Crippen molar-refractivity contribution in [3.8, 4) is 16.8 Å². The molecular weight excluding hydrogens is 697 g/mol. The van der Waals surface area contributed by atoms with Gasteiger partial charge >= 0.3 is 0 Å². The monoisotopic (exact) mass is 740 g/mol. The lowest BCUT2D eigenvalue weighted by Crippen LogP contribution is -2.40. The molecule has 0 radical (unpaired) electrons. The summed E-state index contributed by atoms with van der Waals surface area (Å²) in [4.78, 5) is 2.47. The summed E-state index contributed by atoms with van der Waals surface area (Å²) in [5.74, 6) is 2.77. The average Bonchev–Trinajstić information content (AvgIpc) is 3.70. The van der Waals surface area contributed by atoms with Gasteiger partial charge in [0.25, 0.3) is 0 Å². The van der Waals surface area contributed by atoms with Crippen LogP contribution in [0.5, 0.6) is 0 Å². The number of hydrogen-bond acceptors (Lipinski definition) is 2. The third-order valence-corrected chi connectivity index (χ3v) is 15.0. The van der Waals surface area contributed by atoms with E-state index >= 15 is 0 Å². The topological polar surface area (TPSA) is 8.17 Å². The van der Waals surface area contributed by atoms with E-state index in [1.165, 1.54) is 121 Å². The van der Waals surface area contributed by atoms with Crippen molar-refractivity contribution >= 4 is 70.4 Å². The summed E-state index contributed by atoms with van der Waals surface area (Å²) in [5.41, 5.74) is 11.6. The normalized spacial score (nSPS) is 21.7. The van der Waals surface area contributed by atoms with Crippen LogP contribution in [0.1, 0.15) is 50.5 Å². The number of anilines is 3. The molecule has 4 saturated carbocycles.